The standard InChI is InChI=1S/C18H37ClO2/c1-4-7-10-12-15-20-18(17(19)14-9-6-3)21-16-13-11-8-5-2/h17-18H,4-16H2,1-3H3. The predicted molar refractivity (Wildman–Crippen MR) is 93.1 cm³/mol. The number of hydrogen-bond donors (Lipinski definition) is 0. The quantitative estimate of drug-likeness (QED) is 0.189. The van der Waals surface area contributed by atoms with Gasteiger partial charge in [-0.2, -0.15) is 0 Å². The third-order valence-corrected chi connectivity index (χ3v) is 4.11. The first-order valence-electron chi connectivity index (χ1n) is 9.13. The first kappa shape index (κ1) is 21.2. The van der Waals surface area contributed by atoms with Gasteiger partial charge < -0.3 is 9.47 Å². The van der Waals surface area contributed by atoms with Crippen LogP contribution in [-0.4, -0.2) is 24.9 Å². The SMILES string of the molecule is CCCCCCOC(OCCCCCC)C(Cl)CCCC. The molecule has 0 saturated carbocycles. The molecule has 1 atom stereocenters. The van der Waals surface area contributed by atoms with Crippen LogP contribution in [0.15, 0.2) is 0 Å². The highest BCUT2D eigenvalue weighted by Gasteiger charge is 2.20. The van der Waals surface area contributed by atoms with Crippen molar-refractivity contribution < 1.29 is 9.47 Å². The molecule has 0 aliphatic rings. The summed E-state index contributed by atoms with van der Waals surface area (Å²) >= 11 is 6.46. The topological polar surface area (TPSA) is 18.5 Å². The summed E-state index contributed by atoms with van der Waals surface area (Å²) in [6.45, 7) is 8.19. The van der Waals surface area contributed by atoms with E-state index in [1.54, 1.807) is 0 Å². The van der Waals surface area contributed by atoms with Crippen molar-refractivity contribution in [2.75, 3.05) is 13.2 Å². The van der Waals surface area contributed by atoms with Crippen LogP contribution in [0.25, 0.3) is 0 Å². The highest BCUT2D eigenvalue weighted by molar-refractivity contribution is 6.20. The zero-order valence-corrected chi connectivity index (χ0v) is 15.3. The molecule has 1 unspecified atom stereocenters. The number of ether oxygens (including phenoxy) is 2. The minimum Gasteiger partial charge on any atom is -0.351 e. The Morgan fingerprint density at radius 2 is 1.14 bits per heavy atom. The van der Waals surface area contributed by atoms with Gasteiger partial charge in [-0.05, 0) is 19.3 Å². The maximum atomic E-state index is 6.46. The van der Waals surface area contributed by atoms with E-state index in [-0.39, 0.29) is 11.7 Å². The van der Waals surface area contributed by atoms with Crippen LogP contribution in [0.3, 0.4) is 0 Å². The zero-order chi connectivity index (χ0) is 15.8. The van der Waals surface area contributed by atoms with E-state index in [0.717, 1.165) is 38.9 Å². The highest BCUT2D eigenvalue weighted by atomic mass is 35.5. The van der Waals surface area contributed by atoms with Crippen molar-refractivity contribution in [2.24, 2.45) is 0 Å². The van der Waals surface area contributed by atoms with E-state index in [1.807, 2.05) is 0 Å². The van der Waals surface area contributed by atoms with Crippen LogP contribution in [-0.2, 0) is 9.47 Å². The van der Waals surface area contributed by atoms with Crippen molar-refractivity contribution in [1.29, 1.82) is 0 Å². The first-order chi connectivity index (χ1) is 10.3. The Labute approximate surface area is 137 Å². The fourth-order valence-electron chi connectivity index (χ4n) is 2.25. The summed E-state index contributed by atoms with van der Waals surface area (Å²) in [4.78, 5) is 0. The van der Waals surface area contributed by atoms with Gasteiger partial charge in [0.25, 0.3) is 0 Å². The third kappa shape index (κ3) is 13.6. The number of rotatable bonds is 16. The maximum absolute atomic E-state index is 6.46. The molecule has 0 aromatic carbocycles. The number of halogens is 1. The van der Waals surface area contributed by atoms with E-state index < -0.39 is 0 Å². The first-order valence-corrected chi connectivity index (χ1v) is 9.57. The van der Waals surface area contributed by atoms with Gasteiger partial charge in [-0.25, -0.2) is 0 Å². The number of hydrogen-bond acceptors (Lipinski definition) is 2. The molecule has 0 saturated heterocycles. The van der Waals surface area contributed by atoms with Gasteiger partial charge in [0.05, 0.1) is 5.38 Å². The lowest BCUT2D eigenvalue weighted by molar-refractivity contribution is -0.145. The summed E-state index contributed by atoms with van der Waals surface area (Å²) in [5.74, 6) is 0. The maximum Gasteiger partial charge on any atom is 0.173 e. The zero-order valence-electron chi connectivity index (χ0n) is 14.5. The van der Waals surface area contributed by atoms with Crippen molar-refractivity contribution in [1.82, 2.24) is 0 Å². The third-order valence-electron chi connectivity index (χ3n) is 3.69. The van der Waals surface area contributed by atoms with Gasteiger partial charge in [0.15, 0.2) is 6.29 Å². The molecule has 0 spiro atoms. The van der Waals surface area contributed by atoms with Gasteiger partial charge >= 0.3 is 0 Å². The molecule has 0 amide bonds. The van der Waals surface area contributed by atoms with Crippen molar-refractivity contribution in [3.63, 3.8) is 0 Å². The number of alkyl halides is 1. The lowest BCUT2D eigenvalue weighted by Gasteiger charge is -2.23. The molecule has 128 valence electrons. The summed E-state index contributed by atoms with van der Waals surface area (Å²) < 4.78 is 11.8. The van der Waals surface area contributed by atoms with E-state index in [4.69, 9.17) is 21.1 Å². The Morgan fingerprint density at radius 3 is 1.57 bits per heavy atom. The smallest absolute Gasteiger partial charge is 0.173 e. The van der Waals surface area contributed by atoms with Crippen molar-refractivity contribution in [3.05, 3.63) is 0 Å². The van der Waals surface area contributed by atoms with E-state index in [1.165, 1.54) is 44.9 Å². The molecular formula is C18H37ClO2. The summed E-state index contributed by atoms with van der Waals surface area (Å²) in [6.07, 6.45) is 12.8. The van der Waals surface area contributed by atoms with Gasteiger partial charge in [-0.1, -0.05) is 72.1 Å². The molecule has 0 radical (unpaired) electrons. The minimum atomic E-state index is -0.221. The fraction of sp³-hybridized carbons (Fsp3) is 1.00. The van der Waals surface area contributed by atoms with Gasteiger partial charge in [-0.15, -0.1) is 11.6 Å². The van der Waals surface area contributed by atoms with Crippen LogP contribution < -0.4 is 0 Å². The van der Waals surface area contributed by atoms with E-state index in [2.05, 4.69) is 20.8 Å². The summed E-state index contributed by atoms with van der Waals surface area (Å²) in [6, 6.07) is 0. The molecule has 0 heterocycles. The second-order valence-electron chi connectivity index (χ2n) is 5.89. The van der Waals surface area contributed by atoms with Crippen LogP contribution in [0.4, 0.5) is 0 Å². The Kier molecular flexibility index (Phi) is 16.7. The van der Waals surface area contributed by atoms with E-state index >= 15 is 0 Å². The Morgan fingerprint density at radius 1 is 0.667 bits per heavy atom. The molecule has 21 heavy (non-hydrogen) atoms. The summed E-state index contributed by atoms with van der Waals surface area (Å²) in [7, 11) is 0. The van der Waals surface area contributed by atoms with Gasteiger partial charge in [-0.3, -0.25) is 0 Å². The monoisotopic (exact) mass is 320 g/mol. The van der Waals surface area contributed by atoms with Crippen LogP contribution in [0.2, 0.25) is 0 Å². The molecular weight excluding hydrogens is 284 g/mol. The lowest BCUT2D eigenvalue weighted by Crippen LogP contribution is -2.29. The van der Waals surface area contributed by atoms with Crippen LogP contribution >= 0.6 is 11.6 Å². The van der Waals surface area contributed by atoms with Gasteiger partial charge in [0.1, 0.15) is 0 Å². The largest absolute Gasteiger partial charge is 0.351 e. The average Bonchev–Trinajstić information content (AvgIpc) is 2.50. The minimum absolute atomic E-state index is 0.0118. The van der Waals surface area contributed by atoms with Crippen LogP contribution in [0, 0.1) is 0 Å². The van der Waals surface area contributed by atoms with Gasteiger partial charge in [0.2, 0.25) is 0 Å². The summed E-state index contributed by atoms with van der Waals surface area (Å²) in [5.41, 5.74) is 0. The van der Waals surface area contributed by atoms with Crippen LogP contribution in [0.1, 0.15) is 91.4 Å². The molecule has 0 aliphatic heterocycles. The molecule has 0 fully saturated rings. The Balaban J connectivity index is 3.90. The Bertz CT molecular complexity index is 186. The number of unbranched alkanes of at least 4 members (excludes halogenated alkanes) is 7. The molecule has 0 aliphatic carbocycles. The van der Waals surface area contributed by atoms with Crippen molar-refractivity contribution in [2.45, 2.75) is 103 Å². The molecule has 0 bridgehead atoms. The molecule has 0 N–H and O–H groups in total. The van der Waals surface area contributed by atoms with E-state index in [9.17, 15) is 0 Å². The van der Waals surface area contributed by atoms with E-state index in [0.29, 0.717) is 0 Å². The van der Waals surface area contributed by atoms with Crippen molar-refractivity contribution in [3.8, 4) is 0 Å². The second kappa shape index (κ2) is 16.6. The predicted octanol–water partition coefficient (Wildman–Crippen LogP) is 6.30. The van der Waals surface area contributed by atoms with Gasteiger partial charge in [0, 0.05) is 13.2 Å². The lowest BCUT2D eigenvalue weighted by atomic mass is 10.2. The second-order valence-corrected chi connectivity index (χ2v) is 6.45. The molecule has 3 heteroatoms. The molecule has 0 aromatic heterocycles. The molecule has 2 nitrogen and oxygen atoms in total. The Hall–Kier alpha value is 0.210. The summed E-state index contributed by atoms with van der Waals surface area (Å²) in [5, 5.41) is -0.0118. The van der Waals surface area contributed by atoms with Crippen LogP contribution in [0.5, 0.6) is 0 Å². The fourth-order valence-corrected chi connectivity index (χ4v) is 2.55. The normalized spacial score (nSPS) is 13.0. The molecule has 0 rings (SSSR count). The van der Waals surface area contributed by atoms with Crippen molar-refractivity contribution >= 4 is 11.6 Å². The average molecular weight is 321 g/mol. The molecule has 0 aromatic rings. The highest BCUT2D eigenvalue weighted by Crippen LogP contribution is 2.17.